The lowest BCUT2D eigenvalue weighted by molar-refractivity contribution is 0.303. The van der Waals surface area contributed by atoms with Crippen molar-refractivity contribution in [2.45, 2.75) is 44.6 Å². The number of halogens is 1. The second-order valence-corrected chi connectivity index (χ2v) is 5.47. The predicted molar refractivity (Wildman–Crippen MR) is 66.3 cm³/mol. The fraction of sp³-hybridized carbons (Fsp3) is 0.643. The van der Waals surface area contributed by atoms with Crippen LogP contribution in [0.5, 0.6) is 0 Å². The van der Waals surface area contributed by atoms with Crippen molar-refractivity contribution in [1.29, 1.82) is 0 Å². The molecule has 0 bridgehead atoms. The van der Waals surface area contributed by atoms with Gasteiger partial charge in [-0.1, -0.05) is 12.8 Å². The second-order valence-electron chi connectivity index (χ2n) is 5.47. The van der Waals surface area contributed by atoms with E-state index < -0.39 is 5.95 Å². The highest BCUT2D eigenvalue weighted by atomic mass is 19.1. The Balaban J connectivity index is 1.58. The van der Waals surface area contributed by atoms with Crippen molar-refractivity contribution in [3.63, 3.8) is 0 Å². The zero-order valence-corrected chi connectivity index (χ0v) is 10.0. The van der Waals surface area contributed by atoms with Crippen LogP contribution in [0.25, 0.3) is 0 Å². The first kappa shape index (κ1) is 11.0. The molecule has 1 aromatic heterocycles. The van der Waals surface area contributed by atoms with E-state index in [-0.39, 0.29) is 0 Å². The van der Waals surface area contributed by atoms with Crippen LogP contribution < -0.4 is 5.32 Å². The standard InChI is InChI=1S/C14H19FN2/c15-14-7-6-13(9-16-14)17-12-3-1-2-11(8-12)10-4-5-10/h6-7,9-12,17H,1-5,8H2. The van der Waals surface area contributed by atoms with Crippen LogP contribution in [0.1, 0.15) is 38.5 Å². The van der Waals surface area contributed by atoms with Crippen molar-refractivity contribution in [2.75, 3.05) is 5.32 Å². The van der Waals surface area contributed by atoms with Crippen LogP contribution in [0.15, 0.2) is 18.3 Å². The predicted octanol–water partition coefficient (Wildman–Crippen LogP) is 3.60. The smallest absolute Gasteiger partial charge is 0.212 e. The Morgan fingerprint density at radius 3 is 2.71 bits per heavy atom. The summed E-state index contributed by atoms with van der Waals surface area (Å²) in [6, 6.07) is 3.76. The number of anilines is 1. The molecular formula is C14H19FN2. The highest BCUT2D eigenvalue weighted by molar-refractivity contribution is 5.41. The minimum atomic E-state index is -0.407. The Morgan fingerprint density at radius 1 is 1.12 bits per heavy atom. The molecule has 0 aliphatic heterocycles. The third-order valence-electron chi connectivity index (χ3n) is 4.10. The molecule has 0 aromatic carbocycles. The van der Waals surface area contributed by atoms with E-state index in [1.54, 1.807) is 12.3 Å². The highest BCUT2D eigenvalue weighted by Gasteiger charge is 2.34. The molecule has 0 saturated heterocycles. The van der Waals surface area contributed by atoms with Gasteiger partial charge in [-0.3, -0.25) is 0 Å². The van der Waals surface area contributed by atoms with E-state index in [1.165, 1.54) is 44.6 Å². The van der Waals surface area contributed by atoms with Crippen molar-refractivity contribution >= 4 is 5.69 Å². The van der Waals surface area contributed by atoms with Crippen molar-refractivity contribution in [1.82, 2.24) is 4.98 Å². The lowest BCUT2D eigenvalue weighted by atomic mass is 9.82. The molecule has 0 radical (unpaired) electrons. The van der Waals surface area contributed by atoms with Crippen molar-refractivity contribution < 1.29 is 4.39 Å². The summed E-state index contributed by atoms with van der Waals surface area (Å²) >= 11 is 0. The first-order valence-electron chi connectivity index (χ1n) is 6.69. The summed E-state index contributed by atoms with van der Waals surface area (Å²) in [6.07, 6.45) is 9.72. The van der Waals surface area contributed by atoms with Gasteiger partial charge in [-0.25, -0.2) is 4.98 Å². The summed E-state index contributed by atoms with van der Waals surface area (Å²) in [5.41, 5.74) is 0.952. The summed E-state index contributed by atoms with van der Waals surface area (Å²) in [5.74, 6) is 1.52. The monoisotopic (exact) mass is 234 g/mol. The van der Waals surface area contributed by atoms with Gasteiger partial charge in [0.2, 0.25) is 5.95 Å². The van der Waals surface area contributed by atoms with E-state index in [9.17, 15) is 4.39 Å². The second kappa shape index (κ2) is 4.63. The summed E-state index contributed by atoms with van der Waals surface area (Å²) in [7, 11) is 0. The Labute approximate surface area is 102 Å². The van der Waals surface area contributed by atoms with E-state index in [0.717, 1.165) is 17.5 Å². The van der Waals surface area contributed by atoms with E-state index in [0.29, 0.717) is 6.04 Å². The van der Waals surface area contributed by atoms with E-state index in [2.05, 4.69) is 10.3 Å². The first-order chi connectivity index (χ1) is 8.31. The highest BCUT2D eigenvalue weighted by Crippen LogP contribution is 2.44. The van der Waals surface area contributed by atoms with Crippen LogP contribution in [-0.4, -0.2) is 11.0 Å². The van der Waals surface area contributed by atoms with Gasteiger partial charge in [-0.05, 0) is 49.7 Å². The van der Waals surface area contributed by atoms with Crippen LogP contribution >= 0.6 is 0 Å². The van der Waals surface area contributed by atoms with Gasteiger partial charge in [-0.2, -0.15) is 4.39 Å². The molecule has 2 unspecified atom stereocenters. The number of rotatable bonds is 3. The van der Waals surface area contributed by atoms with Gasteiger partial charge in [0.15, 0.2) is 0 Å². The number of aromatic nitrogens is 1. The summed E-state index contributed by atoms with van der Waals surface area (Å²) in [6.45, 7) is 0. The van der Waals surface area contributed by atoms with Gasteiger partial charge in [0.05, 0.1) is 11.9 Å². The van der Waals surface area contributed by atoms with Crippen molar-refractivity contribution in [3.05, 3.63) is 24.3 Å². The average Bonchev–Trinajstić information content (AvgIpc) is 3.17. The zero-order valence-electron chi connectivity index (χ0n) is 10.0. The Morgan fingerprint density at radius 2 is 2.00 bits per heavy atom. The molecule has 2 aliphatic rings. The summed E-state index contributed by atoms with van der Waals surface area (Å²) in [5, 5.41) is 3.49. The fourth-order valence-corrected chi connectivity index (χ4v) is 3.05. The molecule has 1 aromatic rings. The number of hydrogen-bond acceptors (Lipinski definition) is 2. The maximum Gasteiger partial charge on any atom is 0.212 e. The molecule has 2 atom stereocenters. The van der Waals surface area contributed by atoms with E-state index in [1.807, 2.05) is 0 Å². The number of nitrogens with one attached hydrogen (secondary N) is 1. The molecule has 0 amide bonds. The number of pyridine rings is 1. The quantitative estimate of drug-likeness (QED) is 0.808. The topological polar surface area (TPSA) is 24.9 Å². The molecule has 3 rings (SSSR count). The molecule has 3 heteroatoms. The van der Waals surface area contributed by atoms with Crippen LogP contribution in [0, 0.1) is 17.8 Å². The third-order valence-corrected chi connectivity index (χ3v) is 4.10. The molecule has 2 nitrogen and oxygen atoms in total. The number of hydrogen-bond donors (Lipinski definition) is 1. The minimum Gasteiger partial charge on any atom is -0.381 e. The SMILES string of the molecule is Fc1ccc(NC2CCCC(C3CC3)C2)cn1. The molecular weight excluding hydrogens is 215 g/mol. The van der Waals surface area contributed by atoms with Crippen LogP contribution in [-0.2, 0) is 0 Å². The van der Waals surface area contributed by atoms with Gasteiger partial charge in [0, 0.05) is 6.04 Å². The Hall–Kier alpha value is -1.12. The molecule has 17 heavy (non-hydrogen) atoms. The molecule has 1 heterocycles. The van der Waals surface area contributed by atoms with Gasteiger partial charge in [0.25, 0.3) is 0 Å². The maximum absolute atomic E-state index is 12.7. The van der Waals surface area contributed by atoms with Crippen LogP contribution in [0.3, 0.4) is 0 Å². The lowest BCUT2D eigenvalue weighted by Crippen LogP contribution is -2.28. The van der Waals surface area contributed by atoms with Gasteiger partial charge in [-0.15, -0.1) is 0 Å². The van der Waals surface area contributed by atoms with Gasteiger partial charge in [0.1, 0.15) is 0 Å². The molecule has 2 saturated carbocycles. The lowest BCUT2D eigenvalue weighted by Gasteiger charge is -2.30. The zero-order chi connectivity index (χ0) is 11.7. The van der Waals surface area contributed by atoms with Gasteiger partial charge < -0.3 is 5.32 Å². The Kier molecular flexibility index (Phi) is 3.00. The molecule has 2 fully saturated rings. The van der Waals surface area contributed by atoms with Crippen molar-refractivity contribution in [2.24, 2.45) is 11.8 Å². The molecule has 1 N–H and O–H groups in total. The summed E-state index contributed by atoms with van der Waals surface area (Å²) < 4.78 is 12.7. The van der Waals surface area contributed by atoms with E-state index in [4.69, 9.17) is 0 Å². The molecule has 92 valence electrons. The fourth-order valence-electron chi connectivity index (χ4n) is 3.05. The number of nitrogens with zero attached hydrogens (tertiary/aromatic N) is 1. The molecule has 0 spiro atoms. The normalized spacial score (nSPS) is 29.0. The largest absolute Gasteiger partial charge is 0.381 e. The van der Waals surface area contributed by atoms with Crippen LogP contribution in [0.2, 0.25) is 0 Å². The minimum absolute atomic E-state index is 0.407. The maximum atomic E-state index is 12.7. The first-order valence-corrected chi connectivity index (χ1v) is 6.69. The summed E-state index contributed by atoms with van der Waals surface area (Å²) in [4.78, 5) is 3.68. The van der Waals surface area contributed by atoms with Crippen LogP contribution in [0.4, 0.5) is 10.1 Å². The molecule has 2 aliphatic carbocycles. The average molecular weight is 234 g/mol. The third kappa shape index (κ3) is 2.76. The Bertz CT molecular complexity index is 372. The van der Waals surface area contributed by atoms with Crippen molar-refractivity contribution in [3.8, 4) is 0 Å². The van der Waals surface area contributed by atoms with Gasteiger partial charge >= 0.3 is 0 Å². The van der Waals surface area contributed by atoms with E-state index >= 15 is 0 Å².